The average molecular weight is 331 g/mol. The minimum absolute atomic E-state index is 0.246. The van der Waals surface area contributed by atoms with Crippen LogP contribution in [-0.4, -0.2) is 26.1 Å². The van der Waals surface area contributed by atoms with Gasteiger partial charge in [-0.15, -0.1) is 0 Å². The maximum atomic E-state index is 9.29. The number of unbranched alkanes of at least 4 members (excludes halogenated alkanes) is 7. The summed E-state index contributed by atoms with van der Waals surface area (Å²) in [4.78, 5) is 0. The van der Waals surface area contributed by atoms with Crippen LogP contribution in [0.25, 0.3) is 0 Å². The third-order valence-electron chi connectivity index (χ3n) is 5.10. The van der Waals surface area contributed by atoms with Crippen molar-refractivity contribution in [1.82, 2.24) is 0 Å². The fourth-order valence-electron chi connectivity index (χ4n) is 2.51. The first-order valence-electron chi connectivity index (χ1n) is 9.53. The predicted octanol–water partition coefficient (Wildman–Crippen LogP) is 6.29. The molecule has 1 atom stereocenters. The van der Waals surface area contributed by atoms with Crippen LogP contribution < -0.4 is 0 Å². The van der Waals surface area contributed by atoms with E-state index in [1.54, 1.807) is 0 Å². The lowest BCUT2D eigenvalue weighted by molar-refractivity contribution is 0.129. The highest BCUT2D eigenvalue weighted by molar-refractivity contribution is 6.74. The van der Waals surface area contributed by atoms with Crippen LogP contribution in [0.3, 0.4) is 0 Å². The molecule has 0 bridgehead atoms. The Kier molecular flexibility index (Phi) is 11.7. The second-order valence-electron chi connectivity index (χ2n) is 8.28. The first kappa shape index (κ1) is 22.1. The van der Waals surface area contributed by atoms with Crippen molar-refractivity contribution in [1.29, 1.82) is 0 Å². The summed E-state index contributed by atoms with van der Waals surface area (Å²) in [5.41, 5.74) is 0. The van der Waals surface area contributed by atoms with Gasteiger partial charge in [-0.05, 0) is 31.0 Å². The summed E-state index contributed by atoms with van der Waals surface area (Å²) in [6.07, 6.45) is 13.0. The summed E-state index contributed by atoms with van der Waals surface area (Å²) < 4.78 is 6.48. The van der Waals surface area contributed by atoms with Crippen molar-refractivity contribution in [2.75, 3.05) is 6.61 Å². The fraction of sp³-hybridized carbons (Fsp3) is 1.00. The molecule has 0 aliphatic heterocycles. The van der Waals surface area contributed by atoms with Crippen LogP contribution in [0.15, 0.2) is 0 Å². The molecule has 1 unspecified atom stereocenters. The molecule has 0 aromatic rings. The van der Waals surface area contributed by atoms with E-state index in [-0.39, 0.29) is 17.7 Å². The largest absolute Gasteiger partial charge is 0.414 e. The zero-order valence-electron chi connectivity index (χ0n) is 16.2. The van der Waals surface area contributed by atoms with Gasteiger partial charge in [-0.2, -0.15) is 0 Å². The van der Waals surface area contributed by atoms with E-state index in [9.17, 15) is 5.11 Å². The SMILES string of the molecule is CCCCCCCCCCC(CCO)O[Si](C)(C)C(C)(C)C. The molecule has 0 amide bonds. The second-order valence-corrected chi connectivity index (χ2v) is 13.0. The Morgan fingerprint density at radius 3 is 1.82 bits per heavy atom. The van der Waals surface area contributed by atoms with E-state index >= 15 is 0 Å². The number of hydrogen-bond acceptors (Lipinski definition) is 2. The zero-order valence-corrected chi connectivity index (χ0v) is 17.2. The highest BCUT2D eigenvalue weighted by atomic mass is 28.4. The lowest BCUT2D eigenvalue weighted by atomic mass is 10.0. The molecule has 0 rings (SSSR count). The van der Waals surface area contributed by atoms with Crippen molar-refractivity contribution in [3.63, 3.8) is 0 Å². The highest BCUT2D eigenvalue weighted by Crippen LogP contribution is 2.38. The van der Waals surface area contributed by atoms with Gasteiger partial charge in [0, 0.05) is 12.7 Å². The van der Waals surface area contributed by atoms with Crippen LogP contribution in [0.4, 0.5) is 0 Å². The van der Waals surface area contributed by atoms with Gasteiger partial charge in [0.1, 0.15) is 0 Å². The molecule has 0 spiro atoms. The Morgan fingerprint density at radius 2 is 1.36 bits per heavy atom. The first-order chi connectivity index (χ1) is 10.2. The van der Waals surface area contributed by atoms with Crippen LogP contribution in [-0.2, 0) is 4.43 Å². The Labute approximate surface area is 141 Å². The Hall–Kier alpha value is 0.137. The first-order valence-corrected chi connectivity index (χ1v) is 12.4. The Balaban J connectivity index is 3.96. The van der Waals surface area contributed by atoms with E-state index in [1.807, 2.05) is 0 Å². The van der Waals surface area contributed by atoms with Crippen LogP contribution >= 0.6 is 0 Å². The molecular weight excluding hydrogens is 288 g/mol. The third kappa shape index (κ3) is 10.0. The fourth-order valence-corrected chi connectivity index (χ4v) is 3.93. The van der Waals surface area contributed by atoms with Gasteiger partial charge >= 0.3 is 0 Å². The van der Waals surface area contributed by atoms with Gasteiger partial charge in [0.2, 0.25) is 0 Å². The Bertz CT molecular complexity index is 259. The summed E-state index contributed by atoms with van der Waals surface area (Å²) >= 11 is 0. The van der Waals surface area contributed by atoms with Gasteiger partial charge in [-0.1, -0.05) is 79.1 Å². The van der Waals surface area contributed by atoms with E-state index in [0.29, 0.717) is 0 Å². The lowest BCUT2D eigenvalue weighted by Gasteiger charge is -2.39. The van der Waals surface area contributed by atoms with E-state index in [1.165, 1.54) is 51.4 Å². The lowest BCUT2D eigenvalue weighted by Crippen LogP contribution is -2.44. The molecule has 0 radical (unpaired) electrons. The van der Waals surface area contributed by atoms with Crippen molar-refractivity contribution < 1.29 is 9.53 Å². The molecule has 2 nitrogen and oxygen atoms in total. The minimum atomic E-state index is -1.71. The standard InChI is InChI=1S/C19H42O2Si/c1-7-8-9-10-11-12-13-14-15-18(16-17-20)21-22(5,6)19(2,3)4/h18,20H,7-17H2,1-6H3. The number of hydrogen-bond donors (Lipinski definition) is 1. The molecule has 0 aliphatic rings. The molecular formula is C19H42O2Si. The van der Waals surface area contributed by atoms with Crippen LogP contribution in [0.5, 0.6) is 0 Å². The van der Waals surface area contributed by atoms with Crippen LogP contribution in [0, 0.1) is 0 Å². The molecule has 0 heterocycles. The molecule has 1 N–H and O–H groups in total. The maximum Gasteiger partial charge on any atom is 0.192 e. The molecule has 0 aliphatic carbocycles. The van der Waals surface area contributed by atoms with Crippen molar-refractivity contribution in [3.8, 4) is 0 Å². The number of aliphatic hydroxyl groups is 1. The molecule has 0 aromatic heterocycles. The van der Waals surface area contributed by atoms with Crippen molar-refractivity contribution in [3.05, 3.63) is 0 Å². The summed E-state index contributed by atoms with van der Waals surface area (Å²) in [7, 11) is -1.71. The summed E-state index contributed by atoms with van der Waals surface area (Å²) in [5.74, 6) is 0. The highest BCUT2D eigenvalue weighted by Gasteiger charge is 2.38. The smallest absolute Gasteiger partial charge is 0.192 e. The third-order valence-corrected chi connectivity index (χ3v) is 9.63. The van der Waals surface area contributed by atoms with Crippen LogP contribution in [0.2, 0.25) is 18.1 Å². The quantitative estimate of drug-likeness (QED) is 0.317. The van der Waals surface area contributed by atoms with Crippen LogP contribution in [0.1, 0.15) is 91.9 Å². The normalized spacial score (nSPS) is 14.3. The molecule has 22 heavy (non-hydrogen) atoms. The van der Waals surface area contributed by atoms with Gasteiger partial charge in [0.25, 0.3) is 0 Å². The van der Waals surface area contributed by atoms with E-state index in [2.05, 4.69) is 40.8 Å². The molecule has 0 saturated carbocycles. The van der Waals surface area contributed by atoms with Gasteiger partial charge < -0.3 is 9.53 Å². The van der Waals surface area contributed by atoms with E-state index in [0.717, 1.165) is 12.8 Å². The topological polar surface area (TPSA) is 29.5 Å². The van der Waals surface area contributed by atoms with Crippen molar-refractivity contribution in [2.24, 2.45) is 0 Å². The summed E-state index contributed by atoms with van der Waals surface area (Å²) in [6.45, 7) is 14.0. The molecule has 0 saturated heterocycles. The van der Waals surface area contributed by atoms with E-state index in [4.69, 9.17) is 4.43 Å². The number of aliphatic hydroxyl groups excluding tert-OH is 1. The van der Waals surface area contributed by atoms with E-state index < -0.39 is 8.32 Å². The van der Waals surface area contributed by atoms with Gasteiger partial charge in [0.15, 0.2) is 8.32 Å². The molecule has 3 heteroatoms. The average Bonchev–Trinajstić information content (AvgIpc) is 2.40. The predicted molar refractivity (Wildman–Crippen MR) is 101 cm³/mol. The Morgan fingerprint density at radius 1 is 0.864 bits per heavy atom. The summed E-state index contributed by atoms with van der Waals surface area (Å²) in [5, 5.41) is 9.54. The van der Waals surface area contributed by atoms with Gasteiger partial charge in [-0.3, -0.25) is 0 Å². The monoisotopic (exact) mass is 330 g/mol. The number of rotatable bonds is 13. The second kappa shape index (κ2) is 11.6. The molecule has 0 aromatic carbocycles. The zero-order chi connectivity index (χ0) is 17.1. The minimum Gasteiger partial charge on any atom is -0.414 e. The van der Waals surface area contributed by atoms with Gasteiger partial charge in [-0.25, -0.2) is 0 Å². The van der Waals surface area contributed by atoms with Gasteiger partial charge in [0.05, 0.1) is 0 Å². The van der Waals surface area contributed by atoms with Crippen molar-refractivity contribution >= 4 is 8.32 Å². The summed E-state index contributed by atoms with van der Waals surface area (Å²) in [6, 6.07) is 0. The van der Waals surface area contributed by atoms with Crippen molar-refractivity contribution in [2.45, 2.75) is 116 Å². The maximum absolute atomic E-state index is 9.29. The molecule has 134 valence electrons. The molecule has 0 fully saturated rings.